The van der Waals surface area contributed by atoms with Gasteiger partial charge < -0.3 is 4.74 Å². The largest absolute Gasteiger partial charge is 0.477 e. The van der Waals surface area contributed by atoms with Gasteiger partial charge in [0.1, 0.15) is 0 Å². The number of fused-ring (bicyclic) bond motifs is 3. The zero-order valence-corrected chi connectivity index (χ0v) is 12.2. The summed E-state index contributed by atoms with van der Waals surface area (Å²) in [5.41, 5.74) is 2.97. The lowest BCUT2D eigenvalue weighted by Gasteiger charge is -2.09. The molecular weight excluding hydrogens is 274 g/mol. The predicted molar refractivity (Wildman–Crippen MR) is 87.5 cm³/mol. The summed E-state index contributed by atoms with van der Waals surface area (Å²) in [5, 5.41) is 6.56. The first-order chi connectivity index (χ1) is 10.9. The van der Waals surface area contributed by atoms with E-state index in [0.717, 1.165) is 27.5 Å². The van der Waals surface area contributed by atoms with Crippen LogP contribution in [0.4, 0.5) is 0 Å². The summed E-state index contributed by atoms with van der Waals surface area (Å²) in [6.07, 6.45) is 1.83. The summed E-state index contributed by atoms with van der Waals surface area (Å²) in [7, 11) is 0. The lowest BCUT2D eigenvalue weighted by molar-refractivity contribution is 0.332. The van der Waals surface area contributed by atoms with Gasteiger partial charge in [0, 0.05) is 5.39 Å². The SMILES string of the molecule is CCOc1nc2ccccc2c2c1cnn2-c1ccccc1. The number of aromatic nitrogens is 3. The van der Waals surface area contributed by atoms with Crippen molar-refractivity contribution in [2.45, 2.75) is 6.92 Å². The van der Waals surface area contributed by atoms with Crippen molar-refractivity contribution in [3.63, 3.8) is 0 Å². The van der Waals surface area contributed by atoms with Crippen LogP contribution < -0.4 is 4.74 Å². The molecule has 22 heavy (non-hydrogen) atoms. The Morgan fingerprint density at radius 1 is 0.955 bits per heavy atom. The second kappa shape index (κ2) is 5.15. The van der Waals surface area contributed by atoms with E-state index in [1.807, 2.05) is 66.3 Å². The standard InChI is InChI=1S/C18H15N3O/c1-2-22-18-15-12-19-21(13-8-4-3-5-9-13)17(15)14-10-6-7-11-16(14)20-18/h3-12H,2H2,1H3. The summed E-state index contributed by atoms with van der Waals surface area (Å²) in [6.45, 7) is 2.54. The molecule has 0 aliphatic heterocycles. The van der Waals surface area contributed by atoms with Crippen molar-refractivity contribution >= 4 is 21.8 Å². The summed E-state index contributed by atoms with van der Waals surface area (Å²) in [6, 6.07) is 18.2. The molecule has 0 aliphatic rings. The van der Waals surface area contributed by atoms with E-state index >= 15 is 0 Å². The minimum atomic E-state index is 0.580. The second-order valence-corrected chi connectivity index (χ2v) is 5.02. The van der Waals surface area contributed by atoms with Gasteiger partial charge in [-0.2, -0.15) is 5.10 Å². The number of para-hydroxylation sites is 2. The zero-order chi connectivity index (χ0) is 14.9. The Balaban J connectivity index is 2.12. The summed E-state index contributed by atoms with van der Waals surface area (Å²) >= 11 is 0. The van der Waals surface area contributed by atoms with Gasteiger partial charge in [0.2, 0.25) is 5.88 Å². The van der Waals surface area contributed by atoms with Crippen LogP contribution in [0, 0.1) is 0 Å². The molecule has 0 bridgehead atoms. The van der Waals surface area contributed by atoms with Gasteiger partial charge in [0.05, 0.1) is 34.9 Å². The third kappa shape index (κ3) is 1.92. The van der Waals surface area contributed by atoms with Gasteiger partial charge in [-0.25, -0.2) is 9.67 Å². The topological polar surface area (TPSA) is 39.9 Å². The van der Waals surface area contributed by atoms with E-state index in [1.54, 1.807) is 0 Å². The maximum atomic E-state index is 5.71. The summed E-state index contributed by atoms with van der Waals surface area (Å²) in [5.74, 6) is 0.637. The highest BCUT2D eigenvalue weighted by Gasteiger charge is 2.15. The van der Waals surface area contributed by atoms with E-state index in [4.69, 9.17) is 4.74 Å². The number of nitrogens with zero attached hydrogens (tertiary/aromatic N) is 3. The molecule has 4 aromatic rings. The first-order valence-corrected chi connectivity index (χ1v) is 7.33. The average Bonchev–Trinajstić information content (AvgIpc) is 3.02. The van der Waals surface area contributed by atoms with Crippen molar-refractivity contribution < 1.29 is 4.74 Å². The monoisotopic (exact) mass is 289 g/mol. The average molecular weight is 289 g/mol. The van der Waals surface area contributed by atoms with E-state index in [1.165, 1.54) is 0 Å². The Morgan fingerprint density at radius 2 is 1.73 bits per heavy atom. The normalized spacial score (nSPS) is 11.1. The summed E-state index contributed by atoms with van der Waals surface area (Å²) < 4.78 is 7.66. The van der Waals surface area contributed by atoms with Crippen LogP contribution in [0.1, 0.15) is 6.92 Å². The van der Waals surface area contributed by atoms with Gasteiger partial charge in [0.15, 0.2) is 0 Å². The van der Waals surface area contributed by atoms with Gasteiger partial charge in [0.25, 0.3) is 0 Å². The number of pyridine rings is 1. The van der Waals surface area contributed by atoms with Crippen molar-refractivity contribution in [1.82, 2.24) is 14.8 Å². The lowest BCUT2D eigenvalue weighted by atomic mass is 10.1. The molecule has 4 rings (SSSR count). The van der Waals surface area contributed by atoms with Crippen LogP contribution in [0.3, 0.4) is 0 Å². The highest BCUT2D eigenvalue weighted by molar-refractivity contribution is 6.06. The van der Waals surface area contributed by atoms with E-state index in [0.29, 0.717) is 12.5 Å². The van der Waals surface area contributed by atoms with Crippen LogP contribution in [-0.2, 0) is 0 Å². The Labute approximate surface area is 128 Å². The number of hydrogen-bond donors (Lipinski definition) is 0. The van der Waals surface area contributed by atoms with Crippen molar-refractivity contribution in [2.24, 2.45) is 0 Å². The molecule has 2 aromatic carbocycles. The summed E-state index contributed by atoms with van der Waals surface area (Å²) in [4.78, 5) is 4.62. The molecule has 0 amide bonds. The minimum Gasteiger partial charge on any atom is -0.477 e. The van der Waals surface area contributed by atoms with Crippen molar-refractivity contribution in [1.29, 1.82) is 0 Å². The minimum absolute atomic E-state index is 0.580. The Morgan fingerprint density at radius 3 is 2.55 bits per heavy atom. The highest BCUT2D eigenvalue weighted by Crippen LogP contribution is 2.32. The van der Waals surface area contributed by atoms with Gasteiger partial charge in [-0.3, -0.25) is 0 Å². The van der Waals surface area contributed by atoms with Crippen LogP contribution in [0.2, 0.25) is 0 Å². The number of benzene rings is 2. The van der Waals surface area contributed by atoms with Crippen LogP contribution in [0.5, 0.6) is 5.88 Å². The number of rotatable bonds is 3. The van der Waals surface area contributed by atoms with E-state index in [2.05, 4.69) is 16.1 Å². The molecule has 2 aromatic heterocycles. The van der Waals surface area contributed by atoms with Crippen LogP contribution >= 0.6 is 0 Å². The molecule has 0 aliphatic carbocycles. The molecule has 4 nitrogen and oxygen atoms in total. The smallest absolute Gasteiger partial charge is 0.225 e. The molecule has 0 saturated heterocycles. The molecule has 4 heteroatoms. The van der Waals surface area contributed by atoms with E-state index in [-0.39, 0.29) is 0 Å². The quantitative estimate of drug-likeness (QED) is 0.573. The Kier molecular flexibility index (Phi) is 3.00. The van der Waals surface area contributed by atoms with Gasteiger partial charge in [-0.15, -0.1) is 0 Å². The Hall–Kier alpha value is -2.88. The highest BCUT2D eigenvalue weighted by atomic mass is 16.5. The molecular formula is C18H15N3O. The van der Waals surface area contributed by atoms with E-state index < -0.39 is 0 Å². The van der Waals surface area contributed by atoms with E-state index in [9.17, 15) is 0 Å². The third-order valence-electron chi connectivity index (χ3n) is 3.66. The first kappa shape index (κ1) is 12.8. The van der Waals surface area contributed by atoms with Crippen molar-refractivity contribution in [3.8, 4) is 11.6 Å². The third-order valence-corrected chi connectivity index (χ3v) is 3.66. The number of ether oxygens (including phenoxy) is 1. The van der Waals surface area contributed by atoms with Gasteiger partial charge >= 0.3 is 0 Å². The van der Waals surface area contributed by atoms with Gasteiger partial charge in [-0.1, -0.05) is 36.4 Å². The zero-order valence-electron chi connectivity index (χ0n) is 12.2. The fraction of sp³-hybridized carbons (Fsp3) is 0.111. The van der Waals surface area contributed by atoms with Crippen LogP contribution in [0.25, 0.3) is 27.5 Å². The fourth-order valence-electron chi connectivity index (χ4n) is 2.72. The second-order valence-electron chi connectivity index (χ2n) is 5.02. The van der Waals surface area contributed by atoms with Crippen molar-refractivity contribution in [3.05, 3.63) is 60.8 Å². The van der Waals surface area contributed by atoms with Crippen molar-refractivity contribution in [2.75, 3.05) is 6.61 Å². The predicted octanol–water partition coefficient (Wildman–Crippen LogP) is 3.97. The maximum absolute atomic E-state index is 5.71. The first-order valence-electron chi connectivity index (χ1n) is 7.33. The molecule has 108 valence electrons. The molecule has 0 radical (unpaired) electrons. The Bertz CT molecular complexity index is 945. The van der Waals surface area contributed by atoms with Gasteiger partial charge in [-0.05, 0) is 25.1 Å². The molecule has 0 N–H and O–H groups in total. The van der Waals surface area contributed by atoms with Crippen LogP contribution in [0.15, 0.2) is 60.8 Å². The molecule has 2 heterocycles. The molecule has 0 atom stereocenters. The number of hydrogen-bond acceptors (Lipinski definition) is 3. The lowest BCUT2D eigenvalue weighted by Crippen LogP contribution is -1.99. The molecule has 0 spiro atoms. The van der Waals surface area contributed by atoms with Crippen LogP contribution in [-0.4, -0.2) is 21.4 Å². The fourth-order valence-corrected chi connectivity index (χ4v) is 2.72. The molecule has 0 saturated carbocycles. The maximum Gasteiger partial charge on any atom is 0.225 e. The molecule has 0 fully saturated rings. The molecule has 0 unspecified atom stereocenters.